The molecule has 0 amide bonds. The number of aryl methyl sites for hydroxylation is 1. The van der Waals surface area contributed by atoms with Crippen molar-refractivity contribution in [3.05, 3.63) is 94.7 Å². The third-order valence-corrected chi connectivity index (χ3v) is 8.58. The van der Waals surface area contributed by atoms with Gasteiger partial charge in [-0.3, -0.25) is 9.36 Å². The Hall–Kier alpha value is -3.43. The summed E-state index contributed by atoms with van der Waals surface area (Å²) in [5.74, 6) is 0.0955. The van der Waals surface area contributed by atoms with E-state index in [1.165, 1.54) is 11.3 Å². The molecule has 0 saturated heterocycles. The first-order valence-electron chi connectivity index (χ1n) is 12.9. The highest BCUT2D eigenvalue weighted by Crippen LogP contribution is 2.38. The molecule has 0 spiro atoms. The van der Waals surface area contributed by atoms with E-state index >= 15 is 0 Å². The van der Waals surface area contributed by atoms with Crippen LogP contribution >= 0.6 is 27.3 Å². The third-order valence-electron chi connectivity index (χ3n) is 7.10. The second-order valence-electron chi connectivity index (χ2n) is 9.38. The first-order valence-corrected chi connectivity index (χ1v) is 14.5. The fourth-order valence-electron chi connectivity index (χ4n) is 5.20. The van der Waals surface area contributed by atoms with Crippen LogP contribution in [-0.4, -0.2) is 28.8 Å². The Labute approximate surface area is 238 Å². The number of fused-ring (bicyclic) bond motifs is 2. The summed E-state index contributed by atoms with van der Waals surface area (Å²) < 4.78 is 16.3. The van der Waals surface area contributed by atoms with Gasteiger partial charge < -0.3 is 14.0 Å². The van der Waals surface area contributed by atoms with E-state index in [1.54, 1.807) is 18.6 Å². The highest BCUT2D eigenvalue weighted by Gasteiger charge is 2.36. The Morgan fingerprint density at radius 3 is 2.69 bits per heavy atom. The molecular weight excluding hydrogens is 578 g/mol. The summed E-state index contributed by atoms with van der Waals surface area (Å²) >= 11 is 4.90. The molecule has 0 radical (unpaired) electrons. The van der Waals surface area contributed by atoms with Gasteiger partial charge in [-0.05, 0) is 50.6 Å². The lowest BCUT2D eigenvalue weighted by molar-refractivity contribution is -0.139. The molecule has 5 rings (SSSR count). The average molecular weight is 609 g/mol. The van der Waals surface area contributed by atoms with Gasteiger partial charge in [0.2, 0.25) is 0 Å². The predicted molar refractivity (Wildman–Crippen MR) is 158 cm³/mol. The molecule has 1 aliphatic heterocycles. The summed E-state index contributed by atoms with van der Waals surface area (Å²) in [5.41, 5.74) is 4.63. The van der Waals surface area contributed by atoms with Gasteiger partial charge in [0.15, 0.2) is 4.80 Å². The van der Waals surface area contributed by atoms with Crippen LogP contribution in [0.2, 0.25) is 0 Å². The van der Waals surface area contributed by atoms with Crippen LogP contribution in [-0.2, 0) is 16.6 Å². The van der Waals surface area contributed by atoms with E-state index in [9.17, 15) is 9.59 Å². The summed E-state index contributed by atoms with van der Waals surface area (Å²) in [4.78, 5) is 33.0. The highest BCUT2D eigenvalue weighted by atomic mass is 79.9. The summed E-state index contributed by atoms with van der Waals surface area (Å²) in [6.45, 7) is 6.08. The SMILES string of the molecule is CCCC1=C(C(=O)OCC)[C@@H](c2cc(Br)ccc2OC)n2c(s/c(=C/c3c(C)n(C)c4ccccc34)c2=O)=N1. The molecule has 1 aliphatic rings. The number of nitrogens with zero attached hydrogens (tertiary/aromatic N) is 3. The van der Waals surface area contributed by atoms with E-state index in [1.807, 2.05) is 50.4 Å². The summed E-state index contributed by atoms with van der Waals surface area (Å²) in [5, 5.41) is 1.08. The van der Waals surface area contributed by atoms with Crippen molar-refractivity contribution in [2.75, 3.05) is 13.7 Å². The minimum Gasteiger partial charge on any atom is -0.496 e. The molecule has 2 aromatic heterocycles. The number of benzene rings is 2. The number of carbonyl (C=O) groups excluding carboxylic acids is 1. The zero-order chi connectivity index (χ0) is 27.8. The van der Waals surface area contributed by atoms with Crippen molar-refractivity contribution in [3.8, 4) is 5.75 Å². The Balaban J connectivity index is 1.84. The maximum absolute atomic E-state index is 14.2. The van der Waals surface area contributed by atoms with E-state index < -0.39 is 12.0 Å². The monoisotopic (exact) mass is 607 g/mol. The van der Waals surface area contributed by atoms with Crippen molar-refractivity contribution in [3.63, 3.8) is 0 Å². The van der Waals surface area contributed by atoms with Gasteiger partial charge in [0, 0.05) is 39.2 Å². The van der Waals surface area contributed by atoms with Gasteiger partial charge in [-0.1, -0.05) is 58.8 Å². The first-order chi connectivity index (χ1) is 18.8. The van der Waals surface area contributed by atoms with Gasteiger partial charge >= 0.3 is 5.97 Å². The van der Waals surface area contributed by atoms with Gasteiger partial charge in [0.25, 0.3) is 5.56 Å². The number of ether oxygens (including phenoxy) is 2. The van der Waals surface area contributed by atoms with E-state index in [0.29, 0.717) is 38.3 Å². The molecule has 0 saturated carbocycles. The second-order valence-corrected chi connectivity index (χ2v) is 11.3. The molecular formula is C30H30BrN3O4S. The quantitative estimate of drug-likeness (QED) is 0.272. The number of halogens is 1. The molecule has 39 heavy (non-hydrogen) atoms. The zero-order valence-corrected chi connectivity index (χ0v) is 25.0. The highest BCUT2D eigenvalue weighted by molar-refractivity contribution is 9.10. The number of rotatable bonds is 7. The fraction of sp³-hybridized carbons (Fsp3) is 0.300. The topological polar surface area (TPSA) is 74.8 Å². The number of para-hydroxylation sites is 1. The van der Waals surface area contributed by atoms with Crippen LogP contribution in [0.4, 0.5) is 0 Å². The van der Waals surface area contributed by atoms with Crippen molar-refractivity contribution in [1.82, 2.24) is 9.13 Å². The van der Waals surface area contributed by atoms with Crippen molar-refractivity contribution in [1.29, 1.82) is 0 Å². The standard InChI is InChI=1S/C30H30BrN3O4S/c1-6-10-22-26(29(36)38-7-2)27(21-15-18(31)13-14-24(21)37-5)34-28(35)25(39-30(34)32-22)16-20-17(3)33(4)23-12-9-8-11-19(20)23/h8-9,11-16,27H,6-7,10H2,1-5H3/b25-16+/t27-/m1/s1. The van der Waals surface area contributed by atoms with E-state index in [-0.39, 0.29) is 12.2 Å². The molecule has 202 valence electrons. The van der Waals surface area contributed by atoms with Crippen LogP contribution in [0, 0.1) is 6.92 Å². The fourth-order valence-corrected chi connectivity index (χ4v) is 6.58. The predicted octanol–water partition coefficient (Wildman–Crippen LogP) is 5.15. The Morgan fingerprint density at radius 2 is 1.97 bits per heavy atom. The molecule has 0 N–H and O–H groups in total. The van der Waals surface area contributed by atoms with Gasteiger partial charge in [-0.2, -0.15) is 0 Å². The van der Waals surface area contributed by atoms with Crippen molar-refractivity contribution < 1.29 is 14.3 Å². The first kappa shape index (κ1) is 27.1. The number of thiazole rings is 1. The lowest BCUT2D eigenvalue weighted by Crippen LogP contribution is -2.40. The summed E-state index contributed by atoms with van der Waals surface area (Å²) in [6, 6.07) is 13.0. The molecule has 9 heteroatoms. The number of hydrogen-bond donors (Lipinski definition) is 0. The Morgan fingerprint density at radius 1 is 1.21 bits per heavy atom. The van der Waals surface area contributed by atoms with Crippen LogP contribution in [0.3, 0.4) is 0 Å². The van der Waals surface area contributed by atoms with Crippen molar-refractivity contribution in [2.45, 2.75) is 39.7 Å². The van der Waals surface area contributed by atoms with Crippen molar-refractivity contribution >= 4 is 50.2 Å². The van der Waals surface area contributed by atoms with Gasteiger partial charge in [0.1, 0.15) is 11.8 Å². The number of carbonyl (C=O) groups is 1. The molecule has 0 bridgehead atoms. The third kappa shape index (κ3) is 4.67. The molecule has 0 fully saturated rings. The Bertz CT molecular complexity index is 1810. The lowest BCUT2D eigenvalue weighted by Gasteiger charge is -2.27. The number of methoxy groups -OCH3 is 1. The van der Waals surface area contributed by atoms with E-state index in [2.05, 4.69) is 39.6 Å². The molecule has 7 nitrogen and oxygen atoms in total. The lowest BCUT2D eigenvalue weighted by atomic mass is 9.93. The van der Waals surface area contributed by atoms with Crippen LogP contribution < -0.4 is 19.6 Å². The number of aromatic nitrogens is 2. The molecule has 0 aliphatic carbocycles. The van der Waals surface area contributed by atoms with Crippen LogP contribution in [0.25, 0.3) is 17.0 Å². The minimum absolute atomic E-state index is 0.213. The molecule has 3 heterocycles. The van der Waals surface area contributed by atoms with Gasteiger partial charge in [0.05, 0.1) is 29.5 Å². The normalized spacial score (nSPS) is 15.4. The largest absolute Gasteiger partial charge is 0.496 e. The average Bonchev–Trinajstić information content (AvgIpc) is 3.36. The zero-order valence-electron chi connectivity index (χ0n) is 22.6. The minimum atomic E-state index is -0.745. The maximum Gasteiger partial charge on any atom is 0.338 e. The summed E-state index contributed by atoms with van der Waals surface area (Å²) in [6.07, 6.45) is 3.31. The van der Waals surface area contributed by atoms with Gasteiger partial charge in [-0.15, -0.1) is 0 Å². The van der Waals surface area contributed by atoms with Gasteiger partial charge in [-0.25, -0.2) is 9.79 Å². The van der Waals surface area contributed by atoms with Crippen LogP contribution in [0.5, 0.6) is 5.75 Å². The van der Waals surface area contributed by atoms with Crippen LogP contribution in [0.1, 0.15) is 49.6 Å². The van der Waals surface area contributed by atoms with Crippen molar-refractivity contribution in [2.24, 2.45) is 12.0 Å². The van der Waals surface area contributed by atoms with Crippen LogP contribution in [0.15, 0.2) is 68.0 Å². The maximum atomic E-state index is 14.2. The molecule has 0 unspecified atom stereocenters. The smallest absolute Gasteiger partial charge is 0.338 e. The molecule has 1 atom stereocenters. The summed E-state index contributed by atoms with van der Waals surface area (Å²) in [7, 11) is 3.61. The Kier molecular flexibility index (Phi) is 7.64. The number of esters is 1. The molecule has 2 aromatic carbocycles. The van der Waals surface area contributed by atoms with E-state index in [4.69, 9.17) is 14.5 Å². The number of allylic oxidation sites excluding steroid dienone is 1. The number of hydrogen-bond acceptors (Lipinski definition) is 6. The molecule has 4 aromatic rings. The van der Waals surface area contributed by atoms with E-state index in [0.717, 1.165) is 33.1 Å². The second kappa shape index (κ2) is 11.0.